The number of halogens is 1. The Balaban J connectivity index is 0. The summed E-state index contributed by atoms with van der Waals surface area (Å²) in [5, 5.41) is 0. The van der Waals surface area contributed by atoms with Gasteiger partial charge in [-0.15, -0.1) is 4.20 Å². The predicted molar refractivity (Wildman–Crippen MR) is 15.2 cm³/mol. The Morgan fingerprint density at radius 1 is 1.40 bits per heavy atom. The van der Waals surface area contributed by atoms with Crippen molar-refractivity contribution < 1.29 is 13.3 Å². The first-order valence-electron chi connectivity index (χ1n) is 0.534. The van der Waals surface area contributed by atoms with Crippen molar-refractivity contribution >= 4 is 26.9 Å². The normalized spacial score (nSPS) is 5.00. The first-order chi connectivity index (χ1) is 1.73. The zero-order valence-electron chi connectivity index (χ0n) is 2.64. The van der Waals surface area contributed by atoms with E-state index in [0.29, 0.717) is 0 Å². The zero-order chi connectivity index (χ0) is 3.58. The molecule has 0 aliphatic heterocycles. The Morgan fingerprint density at radius 2 is 1.40 bits per heavy atom. The number of hydrogen-bond donors (Lipinski definition) is 0. The van der Waals surface area contributed by atoms with Gasteiger partial charge in [0.1, 0.15) is 0 Å². The van der Waals surface area contributed by atoms with Gasteiger partial charge < -0.3 is 0 Å². The van der Waals surface area contributed by atoms with Crippen LogP contribution in [0.5, 0.6) is 0 Å². The zero-order valence-corrected chi connectivity index (χ0v) is 3.54. The molecule has 0 aromatic heterocycles. The third-order valence-corrected chi connectivity index (χ3v) is 0. The van der Waals surface area contributed by atoms with E-state index >= 15 is 0 Å². The first kappa shape index (κ1) is 9.06. The van der Waals surface area contributed by atoms with Crippen molar-refractivity contribution in [3.8, 4) is 0 Å². The third-order valence-electron chi connectivity index (χ3n) is 0. The Morgan fingerprint density at radius 3 is 1.40 bits per heavy atom. The van der Waals surface area contributed by atoms with E-state index in [9.17, 15) is 4.20 Å². The fourth-order valence-electron chi connectivity index (χ4n) is 0. The van der Waals surface area contributed by atoms with Crippen LogP contribution in [0.2, 0.25) is 0 Å². The molecule has 0 heterocycles. The molecule has 5 heteroatoms. The molecule has 0 N–H and O–H groups in total. The summed E-state index contributed by atoms with van der Waals surface area (Å²) in [6.07, 6.45) is 0. The van der Waals surface area contributed by atoms with Crippen molar-refractivity contribution in [1.29, 1.82) is 0 Å². The topological polar surface area (TPSA) is 34.1 Å². The van der Waals surface area contributed by atoms with Crippen LogP contribution in [-0.2, 0) is 9.13 Å². The average molecular weight is 88.9 g/mol. The van der Waals surface area contributed by atoms with Crippen molar-refractivity contribution in [1.82, 2.24) is 0 Å². The summed E-state index contributed by atoms with van der Waals surface area (Å²) in [6, 6.07) is 0. The summed E-state index contributed by atoms with van der Waals surface area (Å²) in [6.45, 7) is 0. The molecule has 2 nitrogen and oxygen atoms in total. The Kier molecular flexibility index (Phi) is 8.02. The van der Waals surface area contributed by atoms with Gasteiger partial charge in [0.25, 0.3) is 0 Å². The van der Waals surface area contributed by atoms with Crippen LogP contribution < -0.4 is 0 Å². The molecule has 0 aromatic rings. The summed E-state index contributed by atoms with van der Waals surface area (Å²) in [7, 11) is -3.62. The summed E-state index contributed by atoms with van der Waals surface area (Å²) in [4.78, 5) is 0. The maximum absolute atomic E-state index is 9.95. The van der Waals surface area contributed by atoms with E-state index in [-0.39, 0.29) is 18.9 Å². The molecule has 0 fully saturated rings. The van der Waals surface area contributed by atoms with Crippen LogP contribution in [0.15, 0.2) is 0 Å². The van der Waals surface area contributed by atoms with Crippen molar-refractivity contribution in [2.75, 3.05) is 0 Å². The van der Waals surface area contributed by atoms with E-state index in [1.807, 2.05) is 0 Å². The van der Waals surface area contributed by atoms with Crippen LogP contribution in [0.1, 0.15) is 0 Å². The van der Waals surface area contributed by atoms with Gasteiger partial charge in [-0.25, -0.2) is 0 Å². The maximum atomic E-state index is 9.95. The van der Waals surface area contributed by atoms with Gasteiger partial charge in [0.15, 0.2) is 0 Å². The standard InChI is InChI=1S/FO2P.Li/c1-4(2)3;. The quantitative estimate of drug-likeness (QED) is 0.322. The minimum absolute atomic E-state index is 0. The van der Waals surface area contributed by atoms with Gasteiger partial charge in [0.05, 0.1) is 0 Å². The summed E-state index contributed by atoms with van der Waals surface area (Å²) in [5.41, 5.74) is 0. The van der Waals surface area contributed by atoms with Crippen molar-refractivity contribution in [2.24, 2.45) is 0 Å². The minimum atomic E-state index is -3.62. The van der Waals surface area contributed by atoms with E-state index in [4.69, 9.17) is 9.13 Å². The van der Waals surface area contributed by atoms with E-state index in [1.165, 1.54) is 0 Å². The molecule has 0 amide bonds. The SMILES string of the molecule is O=P(=O)F.[Li]. The maximum Gasteiger partial charge on any atom is 0.508 e. The fourth-order valence-corrected chi connectivity index (χ4v) is 0. The molecule has 0 aliphatic carbocycles. The molecule has 0 saturated heterocycles. The number of hydrogen-bond acceptors (Lipinski definition) is 2. The number of rotatable bonds is 0. The third kappa shape index (κ3) is 143. The van der Waals surface area contributed by atoms with Crippen LogP contribution in [-0.4, -0.2) is 18.9 Å². The van der Waals surface area contributed by atoms with Crippen LogP contribution >= 0.6 is 7.99 Å². The molecular weight excluding hydrogens is 88.9 g/mol. The summed E-state index contributed by atoms with van der Waals surface area (Å²) < 4.78 is 26.7. The van der Waals surface area contributed by atoms with Crippen molar-refractivity contribution in [2.45, 2.75) is 0 Å². The second kappa shape index (κ2) is 4.43. The van der Waals surface area contributed by atoms with Crippen LogP contribution in [0.4, 0.5) is 4.20 Å². The molecule has 0 atom stereocenters. The first-order valence-corrected chi connectivity index (χ1v) is 1.60. The van der Waals surface area contributed by atoms with Gasteiger partial charge in [-0.2, -0.15) is 9.13 Å². The van der Waals surface area contributed by atoms with E-state index in [2.05, 4.69) is 0 Å². The predicted octanol–water partition coefficient (Wildman–Crippen LogP) is 0.663. The van der Waals surface area contributed by atoms with Gasteiger partial charge in [0.2, 0.25) is 0 Å². The molecule has 0 aliphatic rings. The van der Waals surface area contributed by atoms with Crippen molar-refractivity contribution in [3.63, 3.8) is 0 Å². The average Bonchev–Trinajstić information content (AvgIpc) is 0.811. The van der Waals surface area contributed by atoms with Gasteiger partial charge in [-0.05, 0) is 0 Å². The largest absolute Gasteiger partial charge is 0.508 e. The van der Waals surface area contributed by atoms with Crippen molar-refractivity contribution in [3.05, 3.63) is 0 Å². The monoisotopic (exact) mass is 89.0 g/mol. The molecule has 0 aromatic carbocycles. The van der Waals surface area contributed by atoms with E-state index in [0.717, 1.165) is 0 Å². The minimum Gasteiger partial charge on any atom is -0.198 e. The molecule has 0 bridgehead atoms. The molecule has 0 unspecified atom stereocenters. The second-order valence-corrected chi connectivity index (χ2v) is 0.638. The molecule has 5 heavy (non-hydrogen) atoms. The molecule has 0 spiro atoms. The molecular formula is FLiO2P. The van der Waals surface area contributed by atoms with Crippen LogP contribution in [0, 0.1) is 0 Å². The van der Waals surface area contributed by atoms with Gasteiger partial charge in [-0.1, -0.05) is 0 Å². The molecule has 25 valence electrons. The van der Waals surface area contributed by atoms with Gasteiger partial charge in [0, 0.05) is 18.9 Å². The summed E-state index contributed by atoms with van der Waals surface area (Å²) >= 11 is 0. The Labute approximate surface area is 40.9 Å². The van der Waals surface area contributed by atoms with Gasteiger partial charge >= 0.3 is 7.99 Å². The van der Waals surface area contributed by atoms with Gasteiger partial charge in [-0.3, -0.25) is 0 Å². The molecule has 1 radical (unpaired) electrons. The fraction of sp³-hybridized carbons (Fsp3) is 0. The molecule has 0 rings (SSSR count). The second-order valence-electron chi connectivity index (χ2n) is 0.213. The smallest absolute Gasteiger partial charge is 0.198 e. The Hall–Kier alpha value is 0.427. The van der Waals surface area contributed by atoms with E-state index in [1.54, 1.807) is 0 Å². The summed E-state index contributed by atoms with van der Waals surface area (Å²) in [5.74, 6) is 0. The van der Waals surface area contributed by atoms with Crippen LogP contribution in [0.25, 0.3) is 0 Å². The molecule has 0 saturated carbocycles. The Bertz CT molecular complexity index is 58.0. The van der Waals surface area contributed by atoms with E-state index < -0.39 is 7.99 Å². The van der Waals surface area contributed by atoms with Crippen LogP contribution in [0.3, 0.4) is 0 Å².